The molecule has 1 unspecified atom stereocenters. The maximum atomic E-state index is 15.6. The molecule has 3 N–H and O–H groups in total. The van der Waals surface area contributed by atoms with E-state index in [0.29, 0.717) is 41.4 Å². The number of nitrogens with one attached hydrogen (secondary N) is 3. The van der Waals surface area contributed by atoms with Crippen molar-refractivity contribution in [3.63, 3.8) is 0 Å². The van der Waals surface area contributed by atoms with Crippen LogP contribution in [0.15, 0.2) is 73.1 Å². The predicted molar refractivity (Wildman–Crippen MR) is 250 cm³/mol. The number of pyridine rings is 1. The van der Waals surface area contributed by atoms with E-state index in [1.165, 1.54) is 17.8 Å². The molecule has 4 fully saturated rings. The highest BCUT2D eigenvalue weighted by Crippen LogP contribution is 2.36. The molecule has 10 rings (SSSR count). The Morgan fingerprint density at radius 2 is 1.67 bits per heavy atom. The first-order chi connectivity index (χ1) is 32.3. The van der Waals surface area contributed by atoms with Crippen LogP contribution in [0.1, 0.15) is 101 Å². The van der Waals surface area contributed by atoms with Crippen molar-refractivity contribution in [3.05, 3.63) is 112 Å². The van der Waals surface area contributed by atoms with Crippen LogP contribution < -0.4 is 14.9 Å². The Hall–Kier alpha value is -6.04. The first-order valence-corrected chi connectivity index (χ1v) is 24.9. The van der Waals surface area contributed by atoms with Crippen LogP contribution in [-0.2, 0) is 32.8 Å². The van der Waals surface area contributed by atoms with Gasteiger partial charge in [0.2, 0.25) is 11.8 Å². The summed E-state index contributed by atoms with van der Waals surface area (Å²) < 4.78 is 59.1. The van der Waals surface area contributed by atoms with E-state index in [4.69, 9.17) is 0 Å². The number of carbonyl (C=O) groups excluding carboxylic acids is 4. The number of rotatable bonds is 12. The van der Waals surface area contributed by atoms with E-state index >= 15 is 4.39 Å². The number of H-pyrrole nitrogens is 1. The Morgan fingerprint density at radius 3 is 2.39 bits per heavy atom. The van der Waals surface area contributed by atoms with Crippen LogP contribution in [0.2, 0.25) is 0 Å². The van der Waals surface area contributed by atoms with Gasteiger partial charge in [-0.15, -0.1) is 0 Å². The average molecular weight is 933 g/mol. The fraction of sp³-hybridized carbons (Fsp3) is 0.420. The van der Waals surface area contributed by atoms with Crippen LogP contribution in [0, 0.1) is 11.7 Å². The Bertz CT molecular complexity index is 2870. The van der Waals surface area contributed by atoms with Gasteiger partial charge in [0, 0.05) is 85.8 Å². The van der Waals surface area contributed by atoms with Crippen LogP contribution in [-0.4, -0.2) is 114 Å². The van der Waals surface area contributed by atoms with Crippen molar-refractivity contribution in [1.29, 1.82) is 0 Å². The van der Waals surface area contributed by atoms with Crippen molar-refractivity contribution < 1.29 is 36.4 Å². The van der Waals surface area contributed by atoms with Gasteiger partial charge in [-0.25, -0.2) is 13.8 Å². The number of hydrogen-bond donors (Lipinski definition) is 3. The van der Waals surface area contributed by atoms with Crippen LogP contribution in [0.3, 0.4) is 0 Å². The van der Waals surface area contributed by atoms with E-state index in [0.717, 1.165) is 91.2 Å². The molecule has 0 saturated carbocycles. The third-order valence-corrected chi connectivity index (χ3v) is 16.1. The lowest BCUT2D eigenvalue weighted by Crippen LogP contribution is -2.52. The Morgan fingerprint density at radius 1 is 0.896 bits per heavy atom. The molecular weight excluding hydrogens is 879 g/mol. The molecule has 3 aromatic carbocycles. The number of hydrogen-bond acceptors (Lipinski definition) is 9. The lowest BCUT2D eigenvalue weighted by molar-refractivity contribution is -0.136. The van der Waals surface area contributed by atoms with Crippen LogP contribution >= 0.6 is 0 Å². The molecule has 2 aromatic heterocycles. The molecule has 0 spiro atoms. The molecule has 350 valence electrons. The highest BCUT2D eigenvalue weighted by Gasteiger charge is 2.40. The first kappa shape index (κ1) is 44.8. The van der Waals surface area contributed by atoms with Gasteiger partial charge in [0.05, 0.1) is 11.3 Å². The van der Waals surface area contributed by atoms with Crippen molar-refractivity contribution >= 4 is 56.1 Å². The summed E-state index contributed by atoms with van der Waals surface area (Å²) in [6, 6.07) is 18.1. The van der Waals surface area contributed by atoms with Gasteiger partial charge < -0.3 is 19.7 Å². The first-order valence-electron chi connectivity index (χ1n) is 23.4. The molecule has 3 amide bonds. The summed E-state index contributed by atoms with van der Waals surface area (Å²) in [7, 11) is -4.12. The van der Waals surface area contributed by atoms with E-state index in [9.17, 15) is 32.0 Å². The second-order valence-corrected chi connectivity index (χ2v) is 20.3. The third-order valence-electron chi connectivity index (χ3n) is 14.6. The molecule has 0 aliphatic carbocycles. The maximum Gasteiger partial charge on any atom is 0.301 e. The quantitative estimate of drug-likeness (QED) is 0.0909. The second kappa shape index (κ2) is 18.2. The number of alkyl halides is 1. The average Bonchev–Trinajstić information content (AvgIpc) is 4.06. The van der Waals surface area contributed by atoms with Gasteiger partial charge in [-0.3, -0.25) is 29.2 Å². The molecule has 5 aliphatic heterocycles. The summed E-state index contributed by atoms with van der Waals surface area (Å²) in [5.74, 6) is -1.16. The molecule has 4 saturated heterocycles. The van der Waals surface area contributed by atoms with Gasteiger partial charge in [0.15, 0.2) is 5.78 Å². The summed E-state index contributed by atoms with van der Waals surface area (Å²) >= 11 is 0. The van der Waals surface area contributed by atoms with Gasteiger partial charge in [-0.1, -0.05) is 31.2 Å². The van der Waals surface area contributed by atoms with E-state index in [1.54, 1.807) is 18.0 Å². The Balaban J connectivity index is 0.736. The number of halogens is 2. The summed E-state index contributed by atoms with van der Waals surface area (Å²) in [5, 5.41) is 2.89. The molecule has 0 bridgehead atoms. The van der Waals surface area contributed by atoms with Gasteiger partial charge in [-0.2, -0.15) is 12.7 Å². The smallest absolute Gasteiger partial charge is 0.301 e. The minimum atomic E-state index is -4.12. The highest BCUT2D eigenvalue weighted by molar-refractivity contribution is 7.90. The number of imide groups is 1. The molecule has 5 aromatic rings. The zero-order valence-corrected chi connectivity index (χ0v) is 38.2. The van der Waals surface area contributed by atoms with Crippen molar-refractivity contribution in [3.8, 4) is 11.1 Å². The highest BCUT2D eigenvalue weighted by atomic mass is 32.2. The minimum absolute atomic E-state index is 0.0321. The molecule has 14 nitrogen and oxygen atoms in total. The Labute approximate surface area is 388 Å². The zero-order chi connectivity index (χ0) is 46.6. The zero-order valence-electron chi connectivity index (χ0n) is 37.4. The second-order valence-electron chi connectivity index (χ2n) is 18.7. The van der Waals surface area contributed by atoms with Gasteiger partial charge in [0.25, 0.3) is 5.91 Å². The number of carbonyl (C=O) groups is 4. The topological polar surface area (TPSA) is 168 Å². The van der Waals surface area contributed by atoms with Crippen molar-refractivity contribution in [2.75, 3.05) is 55.4 Å². The number of piperidine rings is 3. The van der Waals surface area contributed by atoms with Gasteiger partial charge in [0.1, 0.15) is 23.7 Å². The van der Waals surface area contributed by atoms with Crippen molar-refractivity contribution in [2.24, 2.45) is 5.92 Å². The molecule has 17 heteroatoms. The van der Waals surface area contributed by atoms with E-state index < -0.39 is 34.0 Å². The van der Waals surface area contributed by atoms with Crippen molar-refractivity contribution in [2.45, 2.75) is 83.0 Å². The number of aromatic nitrogens is 2. The number of nitrogens with zero attached hydrogens (tertiary/aromatic N) is 5. The summed E-state index contributed by atoms with van der Waals surface area (Å²) in [6.07, 6.45) is 7.16. The van der Waals surface area contributed by atoms with E-state index in [1.807, 2.05) is 24.3 Å². The lowest BCUT2D eigenvalue weighted by atomic mass is 9.87. The molecule has 0 radical (unpaired) electrons. The molecular formula is C50H54F2N8O6S. The summed E-state index contributed by atoms with van der Waals surface area (Å²) in [6.45, 7) is 6.94. The Kier molecular flexibility index (Phi) is 12.2. The number of anilines is 2. The van der Waals surface area contributed by atoms with Crippen LogP contribution in [0.4, 0.5) is 20.2 Å². The number of likely N-dealkylation sites (tertiary alicyclic amines) is 1. The van der Waals surface area contributed by atoms with E-state index in [-0.39, 0.29) is 72.5 Å². The number of ketones is 1. The third kappa shape index (κ3) is 8.84. The predicted octanol–water partition coefficient (Wildman–Crippen LogP) is 6.72. The molecule has 67 heavy (non-hydrogen) atoms. The largest absolute Gasteiger partial charge is 0.372 e. The van der Waals surface area contributed by atoms with Crippen LogP contribution in [0.5, 0.6) is 0 Å². The van der Waals surface area contributed by atoms with Gasteiger partial charge >= 0.3 is 10.2 Å². The number of benzene rings is 3. The number of amides is 3. The SMILES string of the molecule is CCc1c(NS(=O)(=O)N2CC[C@@H](F)C2)ccc(F)c1C(=O)c1c[nH]c2ncc(-c3ccc(N4CCC(CN5CCC(c6ccc7c(c6)CN(C6CCC(=O)NC6=O)C7=O)CC5)CC4)cc3)cc12. The summed E-state index contributed by atoms with van der Waals surface area (Å²) in [5.41, 5.74) is 6.42. The number of fused-ring (bicyclic) bond motifs is 2. The fourth-order valence-corrected chi connectivity index (χ4v) is 12.1. The van der Waals surface area contributed by atoms with Crippen LogP contribution in [0.25, 0.3) is 22.2 Å². The minimum Gasteiger partial charge on any atom is -0.372 e. The molecule has 7 heterocycles. The number of aromatic amines is 1. The van der Waals surface area contributed by atoms with Crippen molar-refractivity contribution in [1.82, 2.24) is 29.4 Å². The molecule has 5 aliphatic rings. The van der Waals surface area contributed by atoms with Gasteiger partial charge in [-0.05, 0) is 129 Å². The molecule has 2 atom stereocenters. The monoisotopic (exact) mass is 932 g/mol. The van der Waals surface area contributed by atoms with E-state index in [2.05, 4.69) is 54.1 Å². The summed E-state index contributed by atoms with van der Waals surface area (Å²) in [4.78, 5) is 65.8. The normalized spacial score (nSPS) is 21.3. The maximum absolute atomic E-state index is 15.6. The lowest BCUT2D eigenvalue weighted by Gasteiger charge is -2.38. The standard InChI is InChI=1S/C50H54F2N8O6S/c1-2-38-43(56-67(65,66)59-22-17-36(51)29-59)10-9-42(52)46(38)47(62)41-26-54-48-40(41)24-34(25-53-48)31-3-6-37(7-4-31)58-20-13-30(14-21-58)27-57-18-15-32(16-19-57)33-5-8-39-35(23-33)28-60(50(39)64)44-11-12-45(61)55-49(44)63/h3-10,23-26,30,32,36,44,56H,2,11-22,27-29H2,1H3,(H,53,54)(H,55,61,63)/t36-,44?/m1/s1. The fourth-order valence-electron chi connectivity index (χ4n) is 10.8.